The van der Waals surface area contributed by atoms with E-state index in [1.807, 2.05) is 60.7 Å². The molecule has 0 radical (unpaired) electrons. The topological polar surface area (TPSA) is 70.1 Å². The first-order chi connectivity index (χ1) is 15.1. The molecule has 3 aromatic rings. The van der Waals surface area contributed by atoms with E-state index in [9.17, 15) is 14.7 Å². The van der Waals surface area contributed by atoms with E-state index < -0.39 is 12.1 Å². The van der Waals surface area contributed by atoms with Crippen LogP contribution in [0.3, 0.4) is 0 Å². The van der Waals surface area contributed by atoms with Gasteiger partial charge in [-0.2, -0.15) is 0 Å². The van der Waals surface area contributed by atoms with E-state index >= 15 is 0 Å². The van der Waals surface area contributed by atoms with Crippen molar-refractivity contribution >= 4 is 23.4 Å². The summed E-state index contributed by atoms with van der Waals surface area (Å²) in [6.45, 7) is 0.639. The maximum absolute atomic E-state index is 13.6. The zero-order valence-electron chi connectivity index (χ0n) is 17.1. The predicted octanol–water partition coefficient (Wildman–Crippen LogP) is 4.86. The Morgan fingerprint density at radius 3 is 2.19 bits per heavy atom. The summed E-state index contributed by atoms with van der Waals surface area (Å²) in [7, 11) is 0. The zero-order chi connectivity index (χ0) is 21.6. The van der Waals surface area contributed by atoms with E-state index in [0.717, 1.165) is 12.0 Å². The van der Waals surface area contributed by atoms with Crippen LogP contribution in [-0.4, -0.2) is 34.6 Å². The molecule has 1 saturated heterocycles. The Labute approximate surface area is 181 Å². The van der Waals surface area contributed by atoms with Crippen molar-refractivity contribution in [3.8, 4) is 5.75 Å². The van der Waals surface area contributed by atoms with Gasteiger partial charge in [0.25, 0.3) is 5.91 Å². The molecule has 0 aromatic heterocycles. The lowest BCUT2D eigenvalue weighted by Crippen LogP contribution is -2.46. The Balaban J connectivity index is 1.55. The molecule has 1 heterocycles. The van der Waals surface area contributed by atoms with Crippen molar-refractivity contribution in [3.63, 3.8) is 0 Å². The summed E-state index contributed by atoms with van der Waals surface area (Å²) in [6.07, 6.45) is 0.814. The summed E-state index contributed by atoms with van der Waals surface area (Å²) < 4.78 is 5.48. The number of phenolic OH excluding ortho intramolecular Hbond substituents is 1. The Hall–Kier alpha value is -3.80. The second kappa shape index (κ2) is 9.34. The molecule has 0 saturated carbocycles. The normalized spacial score (nSPS) is 15.5. The maximum atomic E-state index is 13.6. The number of para-hydroxylation sites is 1. The highest BCUT2D eigenvalue weighted by atomic mass is 16.6. The van der Waals surface area contributed by atoms with Crippen molar-refractivity contribution in [1.29, 1.82) is 0 Å². The van der Waals surface area contributed by atoms with E-state index in [2.05, 4.69) is 0 Å². The lowest BCUT2D eigenvalue weighted by atomic mass is 10.1. The highest BCUT2D eigenvalue weighted by Crippen LogP contribution is 2.31. The van der Waals surface area contributed by atoms with Crippen LogP contribution in [-0.2, 0) is 16.1 Å². The van der Waals surface area contributed by atoms with Gasteiger partial charge in [-0.05, 0) is 54.8 Å². The van der Waals surface area contributed by atoms with Gasteiger partial charge in [0.15, 0.2) is 0 Å². The lowest BCUT2D eigenvalue weighted by molar-refractivity contribution is -0.121. The Bertz CT molecular complexity index is 1020. The molecule has 1 unspecified atom stereocenters. The van der Waals surface area contributed by atoms with Crippen LogP contribution < -0.4 is 4.90 Å². The van der Waals surface area contributed by atoms with Gasteiger partial charge < -0.3 is 9.84 Å². The van der Waals surface area contributed by atoms with Gasteiger partial charge in [0.1, 0.15) is 18.4 Å². The number of phenols is 1. The first kappa shape index (κ1) is 20.5. The third-order valence-electron chi connectivity index (χ3n) is 5.32. The SMILES string of the molecule is O=C(C1CCCN1C(=O)OCc1ccccc1)N(c1ccccc1)c1ccc(O)cc1. The summed E-state index contributed by atoms with van der Waals surface area (Å²) in [5, 5.41) is 9.65. The monoisotopic (exact) mass is 416 g/mol. The van der Waals surface area contributed by atoms with E-state index in [0.29, 0.717) is 24.3 Å². The van der Waals surface area contributed by atoms with Gasteiger partial charge in [-0.1, -0.05) is 48.5 Å². The molecular weight excluding hydrogens is 392 g/mol. The molecule has 0 bridgehead atoms. The quantitative estimate of drug-likeness (QED) is 0.645. The fourth-order valence-electron chi connectivity index (χ4n) is 3.78. The summed E-state index contributed by atoms with van der Waals surface area (Å²) in [5.41, 5.74) is 2.22. The summed E-state index contributed by atoms with van der Waals surface area (Å²) >= 11 is 0. The standard InChI is InChI=1S/C25H24N2O4/c28-22-15-13-21(14-16-22)27(20-10-5-2-6-11-20)24(29)23-12-7-17-26(23)25(30)31-18-19-8-3-1-4-9-19/h1-6,8-11,13-16,23,28H,7,12,17-18H2. The van der Waals surface area contributed by atoms with E-state index in [4.69, 9.17) is 4.74 Å². The minimum absolute atomic E-state index is 0.121. The van der Waals surface area contributed by atoms with Crippen molar-refractivity contribution in [2.45, 2.75) is 25.5 Å². The van der Waals surface area contributed by atoms with Crippen molar-refractivity contribution < 1.29 is 19.4 Å². The summed E-state index contributed by atoms with van der Waals surface area (Å²) in [5.74, 6) is -0.0813. The molecule has 4 rings (SSSR count). The fourth-order valence-corrected chi connectivity index (χ4v) is 3.78. The molecule has 31 heavy (non-hydrogen) atoms. The number of likely N-dealkylation sites (tertiary alicyclic amines) is 1. The molecule has 2 amide bonds. The third-order valence-corrected chi connectivity index (χ3v) is 5.32. The van der Waals surface area contributed by atoms with E-state index in [-0.39, 0.29) is 18.3 Å². The second-order valence-corrected chi connectivity index (χ2v) is 7.42. The number of carbonyl (C=O) groups is 2. The summed E-state index contributed by atoms with van der Waals surface area (Å²) in [6, 6.07) is 24.6. The van der Waals surface area contributed by atoms with Gasteiger partial charge in [0.2, 0.25) is 0 Å². The third kappa shape index (κ3) is 4.69. The van der Waals surface area contributed by atoms with Gasteiger partial charge in [0.05, 0.1) is 0 Å². The number of anilines is 2. The average Bonchev–Trinajstić information content (AvgIpc) is 3.30. The lowest BCUT2D eigenvalue weighted by Gasteiger charge is -2.30. The highest BCUT2D eigenvalue weighted by Gasteiger charge is 2.38. The van der Waals surface area contributed by atoms with Crippen LogP contribution in [0.4, 0.5) is 16.2 Å². The minimum atomic E-state index is -0.614. The molecule has 0 spiro atoms. The van der Waals surface area contributed by atoms with Crippen LogP contribution in [0.25, 0.3) is 0 Å². The van der Waals surface area contributed by atoms with Crippen molar-refractivity contribution in [2.75, 3.05) is 11.4 Å². The maximum Gasteiger partial charge on any atom is 0.410 e. The smallest absolute Gasteiger partial charge is 0.410 e. The first-order valence-corrected chi connectivity index (χ1v) is 10.3. The number of aromatic hydroxyl groups is 1. The fraction of sp³-hybridized carbons (Fsp3) is 0.200. The van der Waals surface area contributed by atoms with Gasteiger partial charge in [0, 0.05) is 17.9 Å². The van der Waals surface area contributed by atoms with Gasteiger partial charge >= 0.3 is 6.09 Å². The number of benzene rings is 3. The van der Waals surface area contributed by atoms with Crippen LogP contribution in [0.2, 0.25) is 0 Å². The van der Waals surface area contributed by atoms with E-state index in [1.165, 1.54) is 4.90 Å². The second-order valence-electron chi connectivity index (χ2n) is 7.42. The van der Waals surface area contributed by atoms with Gasteiger partial charge in [-0.25, -0.2) is 4.79 Å². The van der Waals surface area contributed by atoms with Crippen LogP contribution in [0.1, 0.15) is 18.4 Å². The molecular formula is C25H24N2O4. The molecule has 1 aliphatic heterocycles. The molecule has 158 valence electrons. The Morgan fingerprint density at radius 1 is 0.903 bits per heavy atom. The van der Waals surface area contributed by atoms with Crippen LogP contribution in [0.15, 0.2) is 84.9 Å². The van der Waals surface area contributed by atoms with Crippen LogP contribution in [0.5, 0.6) is 5.75 Å². The number of ether oxygens (including phenoxy) is 1. The molecule has 6 heteroatoms. The number of nitrogens with zero attached hydrogens (tertiary/aromatic N) is 2. The van der Waals surface area contributed by atoms with Gasteiger partial charge in [-0.3, -0.25) is 14.6 Å². The molecule has 1 N–H and O–H groups in total. The molecule has 1 fully saturated rings. The molecule has 1 aliphatic rings. The number of carbonyl (C=O) groups excluding carboxylic acids is 2. The summed E-state index contributed by atoms with van der Waals surface area (Å²) in [4.78, 5) is 29.5. The largest absolute Gasteiger partial charge is 0.508 e. The predicted molar refractivity (Wildman–Crippen MR) is 118 cm³/mol. The molecule has 3 aromatic carbocycles. The van der Waals surface area contributed by atoms with Crippen molar-refractivity contribution in [2.24, 2.45) is 0 Å². The Morgan fingerprint density at radius 2 is 1.52 bits per heavy atom. The number of rotatable bonds is 5. The van der Waals surface area contributed by atoms with E-state index in [1.54, 1.807) is 29.2 Å². The zero-order valence-corrected chi connectivity index (χ0v) is 17.1. The highest BCUT2D eigenvalue weighted by molar-refractivity contribution is 6.04. The number of hydrogen-bond acceptors (Lipinski definition) is 4. The van der Waals surface area contributed by atoms with Crippen molar-refractivity contribution in [1.82, 2.24) is 4.90 Å². The number of hydrogen-bond donors (Lipinski definition) is 1. The first-order valence-electron chi connectivity index (χ1n) is 10.3. The van der Waals surface area contributed by atoms with Crippen LogP contribution >= 0.6 is 0 Å². The molecule has 6 nitrogen and oxygen atoms in total. The minimum Gasteiger partial charge on any atom is -0.508 e. The number of amides is 2. The molecule has 0 aliphatic carbocycles. The van der Waals surface area contributed by atoms with Crippen molar-refractivity contribution in [3.05, 3.63) is 90.5 Å². The van der Waals surface area contributed by atoms with Gasteiger partial charge in [-0.15, -0.1) is 0 Å². The molecule has 1 atom stereocenters. The van der Waals surface area contributed by atoms with Crippen LogP contribution in [0, 0.1) is 0 Å². The average molecular weight is 416 g/mol. The Kier molecular flexibility index (Phi) is 6.17.